The van der Waals surface area contributed by atoms with Gasteiger partial charge in [-0.25, -0.2) is 0 Å². The summed E-state index contributed by atoms with van der Waals surface area (Å²) in [5, 5.41) is 6.12. The van der Waals surface area contributed by atoms with Crippen LogP contribution in [0.1, 0.15) is 74.7 Å². The first-order chi connectivity index (χ1) is 18.0. The quantitative estimate of drug-likeness (QED) is 0.507. The van der Waals surface area contributed by atoms with Crippen LogP contribution in [0.15, 0.2) is 42.6 Å². The number of nitrogens with one attached hydrogen (secondary N) is 3. The minimum Gasteiger partial charge on any atom is -0.363 e. The Morgan fingerprint density at radius 2 is 1.76 bits per heavy atom. The van der Waals surface area contributed by atoms with Crippen LogP contribution in [0, 0.1) is 5.92 Å². The number of H-pyrrole nitrogens is 1. The van der Waals surface area contributed by atoms with Crippen molar-refractivity contribution in [3.63, 3.8) is 0 Å². The number of likely N-dealkylation sites (tertiary alicyclic amines) is 1. The third kappa shape index (κ3) is 5.19. The van der Waals surface area contributed by atoms with Crippen LogP contribution in [-0.4, -0.2) is 60.6 Å². The summed E-state index contributed by atoms with van der Waals surface area (Å²) in [5.74, 6) is -0.847. The van der Waals surface area contributed by atoms with E-state index in [9.17, 15) is 9.59 Å². The van der Waals surface area contributed by atoms with Crippen molar-refractivity contribution in [1.29, 1.82) is 0 Å². The maximum atomic E-state index is 14.0. The number of likely N-dealkylation sites (N-methyl/N-ethyl adjacent to an activating group) is 1. The predicted molar refractivity (Wildman–Crippen MR) is 141 cm³/mol. The normalized spacial score (nSPS) is 23.6. The molecular weight excluding hydrogens is 468 g/mol. The van der Waals surface area contributed by atoms with Gasteiger partial charge in [0.25, 0.3) is 0 Å². The molecule has 3 heterocycles. The summed E-state index contributed by atoms with van der Waals surface area (Å²) >= 11 is 0. The maximum absolute atomic E-state index is 14.0. The number of aromatic amines is 1. The fourth-order valence-corrected chi connectivity index (χ4v) is 6.15. The molecule has 0 spiro atoms. The second kappa shape index (κ2) is 11.4. The number of benzene rings is 1. The minimum atomic E-state index is -0.939. The molecule has 1 aliphatic carbocycles. The first-order valence-corrected chi connectivity index (χ1v) is 13.8. The first kappa shape index (κ1) is 25.9. The second-order valence-electron chi connectivity index (χ2n) is 10.6. The number of ether oxygens (including phenoxy) is 2. The van der Waals surface area contributed by atoms with Crippen LogP contribution < -0.4 is 10.6 Å². The number of hydrogen-bond donors (Lipinski definition) is 3. The number of amides is 2. The van der Waals surface area contributed by atoms with Crippen molar-refractivity contribution in [2.24, 2.45) is 5.92 Å². The number of rotatable bonds is 8. The minimum absolute atomic E-state index is 0.0355. The van der Waals surface area contributed by atoms with Crippen molar-refractivity contribution < 1.29 is 19.1 Å². The van der Waals surface area contributed by atoms with E-state index in [0.29, 0.717) is 19.8 Å². The Hall–Kier alpha value is -2.68. The Bertz CT molecular complexity index is 1060. The van der Waals surface area contributed by atoms with Crippen LogP contribution in [0.5, 0.6) is 0 Å². The smallest absolute Gasteiger partial charge is 0.246 e. The molecule has 0 radical (unpaired) electrons. The summed E-state index contributed by atoms with van der Waals surface area (Å²) in [5.41, 5.74) is 2.84. The zero-order valence-corrected chi connectivity index (χ0v) is 22.0. The Kier molecular flexibility index (Phi) is 7.98. The fraction of sp³-hybridized carbons (Fsp3) is 0.586. The monoisotopic (exact) mass is 508 g/mol. The standard InChI is InChI=1S/C29H40N4O4/c1-20(30-2)27(34)32-26(21-10-5-3-6-11-21)28(35)33-15-9-14-25(33)24-18-23(19-31-24)29(36-16-17-37-29)22-12-7-4-8-13-22/h4,7-8,12-13,18-21,25-26,30-31H,3,5-6,9-11,14-17H2,1-2H3,(H,32,34)/t20-,25-,26-/m0/s1. The Balaban J connectivity index is 1.39. The Labute approximate surface area is 219 Å². The molecule has 2 aliphatic heterocycles. The van der Waals surface area contributed by atoms with Gasteiger partial charge in [0, 0.05) is 29.6 Å². The van der Waals surface area contributed by atoms with Crippen LogP contribution in [0.4, 0.5) is 0 Å². The van der Waals surface area contributed by atoms with Gasteiger partial charge in [0.15, 0.2) is 0 Å². The summed E-state index contributed by atoms with van der Waals surface area (Å²) in [7, 11) is 1.76. The topological polar surface area (TPSA) is 95.7 Å². The van der Waals surface area contributed by atoms with Gasteiger partial charge in [0.05, 0.1) is 25.3 Å². The highest BCUT2D eigenvalue weighted by Crippen LogP contribution is 2.41. The molecule has 37 heavy (non-hydrogen) atoms. The van der Waals surface area contributed by atoms with Gasteiger partial charge >= 0.3 is 0 Å². The number of carbonyl (C=O) groups excluding carboxylic acids is 2. The van der Waals surface area contributed by atoms with Gasteiger partial charge in [-0.1, -0.05) is 49.6 Å². The Morgan fingerprint density at radius 3 is 2.46 bits per heavy atom. The molecule has 2 amide bonds. The summed E-state index contributed by atoms with van der Waals surface area (Å²) in [6, 6.07) is 11.2. The summed E-state index contributed by atoms with van der Waals surface area (Å²) in [6.07, 6.45) is 9.12. The molecule has 8 heteroatoms. The lowest BCUT2D eigenvalue weighted by Gasteiger charge is -2.35. The molecule has 3 N–H and O–H groups in total. The van der Waals surface area contributed by atoms with Gasteiger partial charge in [-0.15, -0.1) is 0 Å². The number of hydrogen-bond acceptors (Lipinski definition) is 5. The second-order valence-corrected chi connectivity index (χ2v) is 10.6. The summed E-state index contributed by atoms with van der Waals surface area (Å²) in [4.78, 5) is 32.3. The molecule has 1 aromatic heterocycles. The molecule has 200 valence electrons. The van der Waals surface area contributed by atoms with E-state index in [1.54, 1.807) is 7.05 Å². The van der Waals surface area contributed by atoms with E-state index in [0.717, 1.165) is 55.3 Å². The predicted octanol–water partition coefficient (Wildman–Crippen LogP) is 3.60. The zero-order chi connectivity index (χ0) is 25.8. The summed E-state index contributed by atoms with van der Waals surface area (Å²) < 4.78 is 12.4. The largest absolute Gasteiger partial charge is 0.363 e. The highest BCUT2D eigenvalue weighted by atomic mass is 16.7. The van der Waals surface area contributed by atoms with E-state index < -0.39 is 11.8 Å². The molecule has 1 aromatic carbocycles. The lowest BCUT2D eigenvalue weighted by Crippen LogP contribution is -2.55. The third-order valence-corrected chi connectivity index (χ3v) is 8.34. The molecule has 5 rings (SSSR count). The van der Waals surface area contributed by atoms with Crippen LogP contribution in [0.3, 0.4) is 0 Å². The van der Waals surface area contributed by atoms with Crippen molar-refractivity contribution in [1.82, 2.24) is 20.5 Å². The third-order valence-electron chi connectivity index (χ3n) is 8.34. The van der Waals surface area contributed by atoms with E-state index in [2.05, 4.69) is 21.7 Å². The highest BCUT2D eigenvalue weighted by molar-refractivity contribution is 5.90. The van der Waals surface area contributed by atoms with Gasteiger partial charge in [-0.3, -0.25) is 9.59 Å². The maximum Gasteiger partial charge on any atom is 0.246 e. The molecule has 3 atom stereocenters. The number of nitrogens with zero attached hydrogens (tertiary/aromatic N) is 1. The van der Waals surface area contributed by atoms with Crippen molar-refractivity contribution in [2.45, 2.75) is 75.8 Å². The van der Waals surface area contributed by atoms with Gasteiger partial charge < -0.3 is 30.0 Å². The van der Waals surface area contributed by atoms with Crippen LogP contribution in [-0.2, 0) is 24.8 Å². The van der Waals surface area contributed by atoms with Crippen LogP contribution >= 0.6 is 0 Å². The number of aromatic nitrogens is 1. The molecule has 0 unspecified atom stereocenters. The van der Waals surface area contributed by atoms with Crippen molar-refractivity contribution in [3.05, 3.63) is 59.4 Å². The van der Waals surface area contributed by atoms with E-state index >= 15 is 0 Å². The van der Waals surface area contributed by atoms with Crippen LogP contribution in [0.2, 0.25) is 0 Å². The summed E-state index contributed by atoms with van der Waals surface area (Å²) in [6.45, 7) is 3.57. The molecule has 8 nitrogen and oxygen atoms in total. The highest BCUT2D eigenvalue weighted by Gasteiger charge is 2.43. The first-order valence-electron chi connectivity index (χ1n) is 13.8. The lowest BCUT2D eigenvalue weighted by molar-refractivity contribution is -0.139. The molecular formula is C29H40N4O4. The van der Waals surface area contributed by atoms with E-state index in [1.165, 1.54) is 6.42 Å². The zero-order valence-electron chi connectivity index (χ0n) is 22.0. The van der Waals surface area contributed by atoms with Crippen molar-refractivity contribution >= 4 is 11.8 Å². The molecule has 3 aliphatic rings. The average molecular weight is 509 g/mol. The van der Waals surface area contributed by atoms with Gasteiger partial charge in [0.1, 0.15) is 6.04 Å². The Morgan fingerprint density at radius 1 is 1.03 bits per heavy atom. The van der Waals surface area contributed by atoms with Gasteiger partial charge in [-0.05, 0) is 51.6 Å². The van der Waals surface area contributed by atoms with Crippen molar-refractivity contribution in [2.75, 3.05) is 26.8 Å². The molecule has 3 fully saturated rings. The van der Waals surface area contributed by atoms with Gasteiger partial charge in [0.2, 0.25) is 17.6 Å². The van der Waals surface area contributed by atoms with E-state index in [-0.39, 0.29) is 29.8 Å². The molecule has 2 aromatic rings. The molecule has 1 saturated carbocycles. The van der Waals surface area contributed by atoms with Crippen LogP contribution in [0.25, 0.3) is 0 Å². The lowest BCUT2D eigenvalue weighted by atomic mass is 9.83. The van der Waals surface area contributed by atoms with Gasteiger partial charge in [-0.2, -0.15) is 0 Å². The number of carbonyl (C=O) groups is 2. The fourth-order valence-electron chi connectivity index (χ4n) is 6.15. The molecule has 2 saturated heterocycles. The SMILES string of the molecule is CN[C@@H](C)C(=O)N[C@H](C(=O)N1CCC[C@H]1c1cc(C2(c3ccccc3)OCCO2)c[nH]1)C1CCCCC1. The molecule has 0 bridgehead atoms. The van der Waals surface area contributed by atoms with E-state index in [1.807, 2.05) is 48.4 Å². The van der Waals surface area contributed by atoms with E-state index in [4.69, 9.17) is 9.47 Å². The van der Waals surface area contributed by atoms with Crippen molar-refractivity contribution in [3.8, 4) is 0 Å². The average Bonchev–Trinajstić information content (AvgIpc) is 3.72.